The maximum absolute atomic E-state index is 12.5. The number of rotatable bonds is 6. The number of carboxylic acid groups (broad SMARTS) is 1. The van der Waals surface area contributed by atoms with Crippen LogP contribution in [0.1, 0.15) is 11.1 Å². The summed E-state index contributed by atoms with van der Waals surface area (Å²) < 4.78 is 6.91. The molecule has 1 fully saturated rings. The maximum Gasteiger partial charge on any atom is 0.323 e. The van der Waals surface area contributed by atoms with Gasteiger partial charge in [0.2, 0.25) is 0 Å². The van der Waals surface area contributed by atoms with Gasteiger partial charge in [-0.1, -0.05) is 69.2 Å². The second kappa shape index (κ2) is 9.49. The zero-order chi connectivity index (χ0) is 21.1. The topological polar surface area (TPSA) is 66.8 Å². The fourth-order valence-electron chi connectivity index (χ4n) is 2.47. The summed E-state index contributed by atoms with van der Waals surface area (Å²) in [5.74, 6) is -1.03. The molecule has 0 radical (unpaired) electrons. The molecule has 10 heteroatoms. The van der Waals surface area contributed by atoms with E-state index in [1.54, 1.807) is 30.3 Å². The first-order chi connectivity index (χ1) is 13.7. The minimum atomic E-state index is -1.13. The van der Waals surface area contributed by atoms with Crippen molar-refractivity contribution in [3.05, 3.63) is 66.9 Å². The van der Waals surface area contributed by atoms with Crippen LogP contribution in [0.5, 0.6) is 5.75 Å². The number of hydrogen-bond donors (Lipinski definition) is 1. The highest BCUT2D eigenvalue weighted by Crippen LogP contribution is 2.35. The molecule has 0 unspecified atom stereocenters. The lowest BCUT2D eigenvalue weighted by atomic mass is 10.1. The fraction of sp³-hybridized carbons (Fsp3) is 0.105. The number of halogens is 3. The number of hydrogen-bond acceptors (Lipinski definition) is 5. The lowest BCUT2D eigenvalue weighted by molar-refractivity contribution is -0.140. The van der Waals surface area contributed by atoms with Crippen LogP contribution in [0.4, 0.5) is 0 Å². The zero-order valence-corrected chi connectivity index (χ0v) is 19.3. The van der Waals surface area contributed by atoms with Crippen molar-refractivity contribution >= 4 is 85.4 Å². The molecule has 1 saturated heterocycles. The van der Waals surface area contributed by atoms with Crippen LogP contribution < -0.4 is 4.74 Å². The van der Waals surface area contributed by atoms with E-state index in [2.05, 4.69) is 15.9 Å². The molecule has 0 saturated carbocycles. The standard InChI is InChI=1S/C19H12BrCl2NO4S2/c20-12-2-4-15(27-9-10-1-3-13(21)14(22)5-10)11(6-12)7-16-18(26)23(8-17(24)25)19(28)29-16/h1-7H,8-9H2,(H,24,25). The highest BCUT2D eigenvalue weighted by atomic mass is 79.9. The Hall–Kier alpha value is -1.58. The second-order valence-electron chi connectivity index (χ2n) is 5.88. The van der Waals surface area contributed by atoms with Crippen molar-refractivity contribution in [1.29, 1.82) is 0 Å². The van der Waals surface area contributed by atoms with Gasteiger partial charge in [-0.2, -0.15) is 0 Å². The summed E-state index contributed by atoms with van der Waals surface area (Å²) in [6.45, 7) is -0.222. The van der Waals surface area contributed by atoms with E-state index in [1.807, 2.05) is 12.1 Å². The zero-order valence-electron chi connectivity index (χ0n) is 14.5. The molecule has 1 N–H and O–H groups in total. The van der Waals surface area contributed by atoms with Gasteiger partial charge in [-0.3, -0.25) is 14.5 Å². The van der Waals surface area contributed by atoms with Gasteiger partial charge in [0, 0.05) is 10.0 Å². The van der Waals surface area contributed by atoms with E-state index in [1.165, 1.54) is 0 Å². The number of carbonyl (C=O) groups is 2. The number of carbonyl (C=O) groups excluding carboxylic acids is 1. The van der Waals surface area contributed by atoms with Gasteiger partial charge >= 0.3 is 5.97 Å². The first-order valence-corrected chi connectivity index (χ1v) is 10.9. The number of aliphatic carboxylic acids is 1. The average Bonchev–Trinajstić information content (AvgIpc) is 2.91. The predicted octanol–water partition coefficient (Wildman–Crippen LogP) is 5.62. The predicted molar refractivity (Wildman–Crippen MR) is 122 cm³/mol. The molecule has 0 spiro atoms. The first kappa shape index (κ1) is 22.1. The summed E-state index contributed by atoms with van der Waals surface area (Å²) in [5, 5.41) is 9.85. The van der Waals surface area contributed by atoms with Gasteiger partial charge < -0.3 is 9.84 Å². The highest BCUT2D eigenvalue weighted by Gasteiger charge is 2.33. The van der Waals surface area contributed by atoms with E-state index in [0.717, 1.165) is 26.7 Å². The van der Waals surface area contributed by atoms with Gasteiger partial charge in [0.1, 0.15) is 23.2 Å². The third kappa shape index (κ3) is 5.52. The van der Waals surface area contributed by atoms with Gasteiger partial charge in [0.25, 0.3) is 5.91 Å². The molecule has 3 rings (SSSR count). The lowest BCUT2D eigenvalue weighted by Gasteiger charge is -2.11. The molecule has 1 amide bonds. The average molecular weight is 533 g/mol. The van der Waals surface area contributed by atoms with Crippen molar-refractivity contribution in [3.8, 4) is 5.75 Å². The van der Waals surface area contributed by atoms with Crippen LogP contribution in [0, 0.1) is 0 Å². The Morgan fingerprint density at radius 3 is 2.69 bits per heavy atom. The molecule has 2 aromatic carbocycles. The molecule has 1 heterocycles. The van der Waals surface area contributed by atoms with Gasteiger partial charge in [0.15, 0.2) is 0 Å². The Balaban J connectivity index is 1.84. The molecule has 1 aliphatic rings. The molecule has 0 bridgehead atoms. The summed E-state index contributed by atoms with van der Waals surface area (Å²) in [6.07, 6.45) is 1.64. The number of thiocarbonyl (C=S) groups is 1. The van der Waals surface area contributed by atoms with Gasteiger partial charge in [0.05, 0.1) is 15.0 Å². The van der Waals surface area contributed by atoms with Crippen molar-refractivity contribution in [3.63, 3.8) is 0 Å². The van der Waals surface area contributed by atoms with Crippen LogP contribution in [0.3, 0.4) is 0 Å². The van der Waals surface area contributed by atoms with Crippen LogP contribution in [-0.2, 0) is 16.2 Å². The molecular formula is C19H12BrCl2NO4S2. The monoisotopic (exact) mass is 531 g/mol. The number of benzene rings is 2. The van der Waals surface area contributed by atoms with Crippen molar-refractivity contribution in [2.24, 2.45) is 0 Å². The summed E-state index contributed by atoms with van der Waals surface area (Å²) >= 11 is 21.6. The molecule has 29 heavy (non-hydrogen) atoms. The van der Waals surface area contributed by atoms with E-state index < -0.39 is 18.4 Å². The fourth-order valence-corrected chi connectivity index (χ4v) is 4.41. The molecule has 5 nitrogen and oxygen atoms in total. The Labute approximate surface area is 194 Å². The molecule has 0 atom stereocenters. The Kier molecular flexibility index (Phi) is 7.23. The number of thioether (sulfide) groups is 1. The van der Waals surface area contributed by atoms with Crippen molar-refractivity contribution < 1.29 is 19.4 Å². The molecule has 150 valence electrons. The van der Waals surface area contributed by atoms with Crippen molar-refractivity contribution in [2.75, 3.05) is 6.54 Å². The number of ether oxygens (including phenoxy) is 1. The van der Waals surface area contributed by atoms with Gasteiger partial charge in [-0.05, 0) is 42.0 Å². The van der Waals surface area contributed by atoms with E-state index >= 15 is 0 Å². The van der Waals surface area contributed by atoms with Gasteiger partial charge in [-0.25, -0.2) is 0 Å². The normalized spacial score (nSPS) is 15.3. The molecule has 1 aliphatic heterocycles. The molecule has 0 aliphatic carbocycles. The Bertz CT molecular complexity index is 1040. The summed E-state index contributed by atoms with van der Waals surface area (Å²) in [5.41, 5.74) is 1.48. The number of nitrogens with zero attached hydrogens (tertiary/aromatic N) is 1. The van der Waals surface area contributed by atoms with E-state index in [-0.39, 0.29) is 10.9 Å². The molecule has 0 aromatic heterocycles. The second-order valence-corrected chi connectivity index (χ2v) is 9.29. The SMILES string of the molecule is O=C(O)CN1C(=O)C(=Cc2cc(Br)ccc2OCc2ccc(Cl)c(Cl)c2)SC1=S. The van der Waals surface area contributed by atoms with Crippen LogP contribution in [-0.4, -0.2) is 32.7 Å². The summed E-state index contributed by atoms with van der Waals surface area (Å²) in [4.78, 5) is 24.8. The van der Waals surface area contributed by atoms with E-state index in [9.17, 15) is 9.59 Å². The van der Waals surface area contributed by atoms with Crippen molar-refractivity contribution in [1.82, 2.24) is 4.90 Å². The van der Waals surface area contributed by atoms with E-state index in [0.29, 0.717) is 26.3 Å². The van der Waals surface area contributed by atoms with Crippen LogP contribution in [0.25, 0.3) is 6.08 Å². The Morgan fingerprint density at radius 1 is 1.24 bits per heavy atom. The third-order valence-electron chi connectivity index (χ3n) is 3.80. The largest absolute Gasteiger partial charge is 0.488 e. The maximum atomic E-state index is 12.5. The Morgan fingerprint density at radius 2 is 2.00 bits per heavy atom. The first-order valence-electron chi connectivity index (χ1n) is 8.08. The minimum Gasteiger partial charge on any atom is -0.488 e. The van der Waals surface area contributed by atoms with Crippen LogP contribution >= 0.6 is 63.1 Å². The van der Waals surface area contributed by atoms with Crippen LogP contribution in [0.2, 0.25) is 10.0 Å². The summed E-state index contributed by atoms with van der Waals surface area (Å²) in [6, 6.07) is 10.6. The highest BCUT2D eigenvalue weighted by molar-refractivity contribution is 9.10. The summed E-state index contributed by atoms with van der Waals surface area (Å²) in [7, 11) is 0. The van der Waals surface area contributed by atoms with Gasteiger partial charge in [-0.15, -0.1) is 0 Å². The lowest BCUT2D eigenvalue weighted by Crippen LogP contribution is -2.33. The smallest absolute Gasteiger partial charge is 0.323 e. The number of carboxylic acids is 1. The quantitative estimate of drug-likeness (QED) is 0.384. The van der Waals surface area contributed by atoms with Crippen LogP contribution in [0.15, 0.2) is 45.8 Å². The van der Waals surface area contributed by atoms with Crippen molar-refractivity contribution in [2.45, 2.75) is 6.61 Å². The minimum absolute atomic E-state index is 0.205. The van der Waals surface area contributed by atoms with E-state index in [4.69, 9.17) is 45.3 Å². The third-order valence-corrected chi connectivity index (χ3v) is 6.41. The number of amides is 1. The molecular weight excluding hydrogens is 521 g/mol. The molecule has 2 aromatic rings.